The molecule has 0 N–H and O–H groups in total. The summed E-state index contributed by atoms with van der Waals surface area (Å²) in [6, 6.07) is 14.4. The average Bonchev–Trinajstić information content (AvgIpc) is 3.26. The van der Waals surface area contributed by atoms with E-state index < -0.39 is 52.8 Å². The third kappa shape index (κ3) is 6.13. The van der Waals surface area contributed by atoms with Crippen LogP contribution in [0.4, 0.5) is 5.69 Å². The number of esters is 1. The van der Waals surface area contributed by atoms with E-state index in [9.17, 15) is 34.1 Å². The van der Waals surface area contributed by atoms with Crippen molar-refractivity contribution < 1.29 is 33.6 Å². The fourth-order valence-electron chi connectivity index (χ4n) is 5.22. The topological polar surface area (TPSA) is 144 Å². The van der Waals surface area contributed by atoms with Crippen LogP contribution >= 0.6 is 23.2 Å². The van der Waals surface area contributed by atoms with Crippen LogP contribution in [0.1, 0.15) is 56.8 Å². The zero-order valence-corrected chi connectivity index (χ0v) is 23.9. The van der Waals surface area contributed by atoms with Gasteiger partial charge in [-0.1, -0.05) is 36.0 Å². The minimum Gasteiger partial charge on any atom is -0.423 e. The molecule has 13 heteroatoms. The van der Waals surface area contributed by atoms with Crippen LogP contribution in [0.15, 0.2) is 66.7 Å². The van der Waals surface area contributed by atoms with Gasteiger partial charge in [0.05, 0.1) is 32.4 Å². The molecule has 2 aliphatic rings. The van der Waals surface area contributed by atoms with Crippen molar-refractivity contribution in [2.75, 3.05) is 6.54 Å². The molecule has 5 rings (SSSR count). The number of nitrogens with zero attached hydrogens (tertiary/aromatic N) is 3. The summed E-state index contributed by atoms with van der Waals surface area (Å²) in [5, 5.41) is 12.8. The quantitative estimate of drug-likeness (QED) is 0.0794. The minimum absolute atomic E-state index is 0.0335. The molecule has 1 aliphatic heterocycles. The molecule has 0 unspecified atom stereocenters. The lowest BCUT2D eigenvalue weighted by Crippen LogP contribution is -2.52. The molecule has 3 amide bonds. The van der Waals surface area contributed by atoms with Gasteiger partial charge in [0.25, 0.3) is 23.4 Å². The number of amides is 3. The number of imide groups is 1. The zero-order valence-electron chi connectivity index (χ0n) is 22.4. The number of rotatable bonds is 8. The lowest BCUT2D eigenvalue weighted by molar-refractivity contribution is -0.384. The first-order valence-corrected chi connectivity index (χ1v) is 14.1. The Morgan fingerprint density at radius 3 is 1.95 bits per heavy atom. The molecular weight excluding hydrogens is 601 g/mol. The van der Waals surface area contributed by atoms with Gasteiger partial charge < -0.3 is 4.74 Å². The molecule has 43 heavy (non-hydrogen) atoms. The second-order valence-corrected chi connectivity index (χ2v) is 10.9. The smallest absolute Gasteiger partial charge is 0.343 e. The van der Waals surface area contributed by atoms with Gasteiger partial charge in [0.1, 0.15) is 12.3 Å². The fraction of sp³-hybridized carbons (Fsp3) is 0.233. The Morgan fingerprint density at radius 2 is 1.40 bits per heavy atom. The highest BCUT2D eigenvalue weighted by Crippen LogP contribution is 2.39. The Morgan fingerprint density at radius 1 is 0.837 bits per heavy atom. The number of carbonyl (C=O) groups excluding carboxylic acids is 5. The van der Waals surface area contributed by atoms with Gasteiger partial charge in [-0.25, -0.2) is 9.80 Å². The number of hydrazine groups is 1. The maximum absolute atomic E-state index is 13.7. The molecule has 1 saturated carbocycles. The molecule has 2 atom stereocenters. The number of nitro benzene ring substituents is 1. The van der Waals surface area contributed by atoms with Gasteiger partial charge in [-0.2, -0.15) is 5.01 Å². The number of ether oxygens (including phenoxy) is 1. The third-order valence-electron chi connectivity index (χ3n) is 7.45. The van der Waals surface area contributed by atoms with Crippen LogP contribution in [0.3, 0.4) is 0 Å². The first kappa shape index (κ1) is 29.9. The molecule has 3 aromatic rings. The number of ketones is 1. The molecule has 220 valence electrons. The molecule has 1 aliphatic carbocycles. The Bertz CT molecular complexity index is 1620. The lowest BCUT2D eigenvalue weighted by atomic mass is 9.81. The zero-order chi connectivity index (χ0) is 30.8. The lowest BCUT2D eigenvalue weighted by Gasteiger charge is -2.30. The number of fused-ring (bicyclic) bond motifs is 1. The van der Waals surface area contributed by atoms with Crippen molar-refractivity contribution in [3.05, 3.63) is 104 Å². The van der Waals surface area contributed by atoms with Gasteiger partial charge in [0.15, 0.2) is 5.78 Å². The summed E-state index contributed by atoms with van der Waals surface area (Å²) < 4.78 is 5.29. The Kier molecular flexibility index (Phi) is 8.56. The van der Waals surface area contributed by atoms with E-state index in [0.29, 0.717) is 12.8 Å². The van der Waals surface area contributed by atoms with Crippen LogP contribution in [-0.4, -0.2) is 51.0 Å². The molecular formula is C30H23Cl2N3O8. The standard InChI is InChI=1S/C30H23Cl2N3O8/c31-24-14-9-19(15-25(24)32)27(37)33(34-28(38)22-3-1-2-4-23(22)29(34)39)16-26(36)17-7-12-21(13-8-17)43-30(40)18-5-10-20(11-6-18)35(41)42/h5-15,22-23H,1-4,16H2/t22-,23-/m1/s1. The highest BCUT2D eigenvalue weighted by atomic mass is 35.5. The summed E-state index contributed by atoms with van der Waals surface area (Å²) in [6.07, 6.45) is 2.62. The predicted octanol–water partition coefficient (Wildman–Crippen LogP) is 5.54. The summed E-state index contributed by atoms with van der Waals surface area (Å²) in [5.74, 6) is -4.18. The third-order valence-corrected chi connectivity index (χ3v) is 8.19. The predicted molar refractivity (Wildman–Crippen MR) is 154 cm³/mol. The van der Waals surface area contributed by atoms with E-state index in [1.165, 1.54) is 66.7 Å². The first-order chi connectivity index (χ1) is 20.5. The van der Waals surface area contributed by atoms with Crippen molar-refractivity contribution in [1.82, 2.24) is 10.0 Å². The van der Waals surface area contributed by atoms with Gasteiger partial charge in [-0.05, 0) is 67.4 Å². The molecule has 11 nitrogen and oxygen atoms in total. The summed E-state index contributed by atoms with van der Waals surface area (Å²) in [7, 11) is 0. The normalized spacial score (nSPS) is 17.8. The molecule has 0 radical (unpaired) electrons. The molecule has 1 saturated heterocycles. The SMILES string of the molecule is O=C(CN(C(=O)c1ccc(Cl)c(Cl)c1)N1C(=O)[C@@H]2CCCC[C@H]2C1=O)c1ccc(OC(=O)c2ccc([N+](=O)[O-])cc2)cc1. The highest BCUT2D eigenvalue weighted by molar-refractivity contribution is 6.42. The van der Waals surface area contributed by atoms with Gasteiger partial charge in [-0.3, -0.25) is 29.3 Å². The van der Waals surface area contributed by atoms with Crippen LogP contribution in [0.2, 0.25) is 10.0 Å². The van der Waals surface area contributed by atoms with Crippen molar-refractivity contribution >= 4 is 58.4 Å². The minimum atomic E-state index is -0.777. The maximum atomic E-state index is 13.7. The largest absolute Gasteiger partial charge is 0.423 e. The van der Waals surface area contributed by atoms with E-state index in [-0.39, 0.29) is 38.2 Å². The van der Waals surface area contributed by atoms with Crippen molar-refractivity contribution in [2.24, 2.45) is 11.8 Å². The number of benzene rings is 3. The molecule has 3 aromatic carbocycles. The monoisotopic (exact) mass is 623 g/mol. The van der Waals surface area contributed by atoms with Crippen LogP contribution in [0.5, 0.6) is 5.75 Å². The number of nitro groups is 1. The van der Waals surface area contributed by atoms with E-state index in [1.54, 1.807) is 0 Å². The van der Waals surface area contributed by atoms with Crippen molar-refractivity contribution in [3.8, 4) is 5.75 Å². The number of carbonyl (C=O) groups is 5. The Hall–Kier alpha value is -4.61. The van der Waals surface area contributed by atoms with E-state index >= 15 is 0 Å². The van der Waals surface area contributed by atoms with Gasteiger partial charge in [0.2, 0.25) is 0 Å². The van der Waals surface area contributed by atoms with E-state index in [2.05, 4.69) is 0 Å². The molecule has 0 aromatic heterocycles. The Balaban J connectivity index is 1.36. The van der Waals surface area contributed by atoms with E-state index in [4.69, 9.17) is 27.9 Å². The number of Topliss-reactive ketones (excluding diaryl/α,β-unsaturated/α-hetero) is 1. The van der Waals surface area contributed by atoms with Crippen LogP contribution in [-0.2, 0) is 9.59 Å². The second kappa shape index (κ2) is 12.3. The molecule has 2 fully saturated rings. The number of non-ortho nitro benzene ring substituents is 1. The van der Waals surface area contributed by atoms with E-state index in [0.717, 1.165) is 22.9 Å². The van der Waals surface area contributed by atoms with Crippen molar-refractivity contribution in [1.29, 1.82) is 0 Å². The molecule has 0 bridgehead atoms. The summed E-state index contributed by atoms with van der Waals surface area (Å²) >= 11 is 12.1. The van der Waals surface area contributed by atoms with E-state index in [1.807, 2.05) is 0 Å². The number of halogens is 2. The van der Waals surface area contributed by atoms with Crippen LogP contribution < -0.4 is 4.74 Å². The van der Waals surface area contributed by atoms with Gasteiger partial charge >= 0.3 is 5.97 Å². The number of hydrogen-bond acceptors (Lipinski definition) is 8. The van der Waals surface area contributed by atoms with Crippen molar-refractivity contribution in [2.45, 2.75) is 25.7 Å². The molecule has 0 spiro atoms. The van der Waals surface area contributed by atoms with Gasteiger partial charge in [-0.15, -0.1) is 0 Å². The van der Waals surface area contributed by atoms with Crippen LogP contribution in [0, 0.1) is 22.0 Å². The average molecular weight is 624 g/mol. The first-order valence-electron chi connectivity index (χ1n) is 13.3. The maximum Gasteiger partial charge on any atom is 0.343 e. The fourth-order valence-corrected chi connectivity index (χ4v) is 5.51. The summed E-state index contributed by atoms with van der Waals surface area (Å²) in [6.45, 7) is -0.627. The highest BCUT2D eigenvalue weighted by Gasteiger charge is 2.51. The second-order valence-electron chi connectivity index (χ2n) is 10.1. The van der Waals surface area contributed by atoms with Crippen LogP contribution in [0.25, 0.3) is 0 Å². The van der Waals surface area contributed by atoms with Crippen molar-refractivity contribution in [3.63, 3.8) is 0 Å². The molecule has 1 heterocycles. The Labute approximate surface area is 255 Å². The summed E-state index contributed by atoms with van der Waals surface area (Å²) in [5.41, 5.74) is 0.0645. The van der Waals surface area contributed by atoms with Gasteiger partial charge in [0, 0.05) is 23.3 Å². The number of hydrogen-bond donors (Lipinski definition) is 0. The summed E-state index contributed by atoms with van der Waals surface area (Å²) in [4.78, 5) is 76.4.